The molecule has 10 nitrogen and oxygen atoms in total. The number of phenols is 1. The summed E-state index contributed by atoms with van der Waals surface area (Å²) in [5, 5.41) is 25.2. The number of aromatic hydroxyl groups is 1. The lowest BCUT2D eigenvalue weighted by molar-refractivity contribution is -0.181. The summed E-state index contributed by atoms with van der Waals surface area (Å²) in [6, 6.07) is -1.19. The fraction of sp³-hybridized carbons (Fsp3) is 0.522. The number of hydrogen-bond acceptors (Lipinski definition) is 9. The number of ketones is 4. The first kappa shape index (κ1) is 22.8. The van der Waals surface area contributed by atoms with Gasteiger partial charge >= 0.3 is 0 Å². The van der Waals surface area contributed by atoms with Gasteiger partial charge in [0.05, 0.1) is 17.5 Å². The van der Waals surface area contributed by atoms with Gasteiger partial charge in [-0.1, -0.05) is 0 Å². The molecule has 1 aromatic rings. The highest BCUT2D eigenvalue weighted by atomic mass is 19.1. The van der Waals surface area contributed by atoms with Crippen LogP contribution in [0.15, 0.2) is 0 Å². The molecule has 1 heterocycles. The number of halogens is 1. The van der Waals surface area contributed by atoms with Gasteiger partial charge in [0.2, 0.25) is 5.91 Å². The first-order valence-electron chi connectivity index (χ1n) is 11.0. The van der Waals surface area contributed by atoms with E-state index in [0.717, 1.165) is 0 Å². The van der Waals surface area contributed by atoms with Gasteiger partial charge in [-0.25, -0.2) is 4.39 Å². The molecule has 11 heteroatoms. The lowest BCUT2D eigenvalue weighted by Crippen LogP contribution is -2.74. The maximum Gasteiger partial charge on any atom is 0.235 e. The minimum absolute atomic E-state index is 0.00526. The normalized spacial score (nSPS) is 34.6. The van der Waals surface area contributed by atoms with Crippen LogP contribution < -0.4 is 11.1 Å². The van der Waals surface area contributed by atoms with Gasteiger partial charge in [0, 0.05) is 35.7 Å². The molecule has 4 aliphatic rings. The molecule has 1 aliphatic heterocycles. The second-order valence-electron chi connectivity index (χ2n) is 9.87. The van der Waals surface area contributed by atoms with Gasteiger partial charge in [-0.3, -0.25) is 28.9 Å². The van der Waals surface area contributed by atoms with Gasteiger partial charge < -0.3 is 21.3 Å². The smallest absolute Gasteiger partial charge is 0.235 e. The number of Topliss-reactive ketones (excluding diaryl/α,β-unsaturated/α-hetero) is 4. The number of rotatable bonds is 2. The molecule has 34 heavy (non-hydrogen) atoms. The lowest BCUT2D eigenvalue weighted by Gasteiger charge is -2.52. The number of nitrogens with one attached hydrogen (secondary N) is 1. The number of benzene rings is 1. The maximum atomic E-state index is 15.3. The van der Waals surface area contributed by atoms with E-state index in [1.165, 1.54) is 19.0 Å². The predicted molar refractivity (Wildman–Crippen MR) is 112 cm³/mol. The van der Waals surface area contributed by atoms with E-state index in [4.69, 9.17) is 5.73 Å². The molecule has 0 bridgehead atoms. The molecular formula is C23H24FN3O7. The molecule has 1 amide bonds. The van der Waals surface area contributed by atoms with Crippen molar-refractivity contribution < 1.29 is 38.6 Å². The van der Waals surface area contributed by atoms with Crippen LogP contribution in [0.25, 0.3) is 0 Å². The van der Waals surface area contributed by atoms with Crippen LogP contribution in [-0.2, 0) is 38.7 Å². The van der Waals surface area contributed by atoms with E-state index in [0.29, 0.717) is 0 Å². The van der Waals surface area contributed by atoms with E-state index in [2.05, 4.69) is 5.32 Å². The Morgan fingerprint density at radius 2 is 1.76 bits per heavy atom. The van der Waals surface area contributed by atoms with E-state index >= 15 is 4.39 Å². The Balaban J connectivity index is 1.67. The van der Waals surface area contributed by atoms with Gasteiger partial charge in [-0.15, -0.1) is 0 Å². The third kappa shape index (κ3) is 2.62. The number of nitrogens with zero attached hydrogens (tertiary/aromatic N) is 1. The Bertz CT molecular complexity index is 1210. The number of carbonyl (C=O) groups excluding carboxylic acids is 5. The molecular weight excluding hydrogens is 449 g/mol. The summed E-state index contributed by atoms with van der Waals surface area (Å²) in [4.78, 5) is 66.7. The van der Waals surface area contributed by atoms with Crippen LogP contribution in [0.5, 0.6) is 5.75 Å². The summed E-state index contributed by atoms with van der Waals surface area (Å²) < 4.78 is 15.3. The number of primary amides is 1. The standard InChI is InChI=1S/C23H24FN3O7/c1-27(2)16-11-4-7-3-8-13(17(28)10-6-26-5-9(10)15(8)24)18(29)12(7)20(31)23(11,34)21(32)14(19(16)30)22(25)33/h7,11-12,14,16,26,28,34H,3-6H2,1-2H3,(H2,25,33)/t7-,11-,12?,14?,16-,23-/m0/s1. The Morgan fingerprint density at radius 1 is 1.12 bits per heavy atom. The number of likely N-dealkylation sites (N-methyl/N-ethyl adjacent to an activating group) is 1. The topological polar surface area (TPSA) is 167 Å². The zero-order valence-electron chi connectivity index (χ0n) is 18.6. The number of carbonyl (C=O) groups is 5. The van der Waals surface area contributed by atoms with E-state index in [9.17, 15) is 34.2 Å². The van der Waals surface area contributed by atoms with Crippen molar-refractivity contribution in [3.8, 4) is 5.75 Å². The van der Waals surface area contributed by atoms with Gasteiger partial charge in [0.15, 0.2) is 34.7 Å². The summed E-state index contributed by atoms with van der Waals surface area (Å²) >= 11 is 0. The highest BCUT2D eigenvalue weighted by Crippen LogP contribution is 2.51. The molecule has 2 fully saturated rings. The molecule has 0 radical (unpaired) electrons. The van der Waals surface area contributed by atoms with Crippen molar-refractivity contribution in [1.82, 2.24) is 10.2 Å². The summed E-state index contributed by atoms with van der Waals surface area (Å²) in [5.74, 6) is -12.1. The highest BCUT2D eigenvalue weighted by molar-refractivity contribution is 6.32. The Kier molecular flexibility index (Phi) is 4.84. The van der Waals surface area contributed by atoms with Crippen LogP contribution in [-0.4, -0.2) is 69.9 Å². The summed E-state index contributed by atoms with van der Waals surface area (Å²) in [7, 11) is 3.01. The van der Waals surface area contributed by atoms with Crippen LogP contribution in [0, 0.1) is 29.5 Å². The third-order valence-corrected chi connectivity index (χ3v) is 7.98. The molecule has 0 spiro atoms. The number of amides is 1. The van der Waals surface area contributed by atoms with E-state index in [1.54, 1.807) is 0 Å². The van der Waals surface area contributed by atoms with Crippen molar-refractivity contribution >= 4 is 29.0 Å². The molecule has 3 aliphatic carbocycles. The van der Waals surface area contributed by atoms with Crippen molar-refractivity contribution in [3.63, 3.8) is 0 Å². The summed E-state index contributed by atoms with van der Waals surface area (Å²) in [6.45, 7) is 0.337. The average molecular weight is 473 g/mol. The Morgan fingerprint density at radius 3 is 2.38 bits per heavy atom. The van der Waals surface area contributed by atoms with Crippen LogP contribution in [0.1, 0.15) is 33.5 Å². The van der Waals surface area contributed by atoms with E-state index in [-0.39, 0.29) is 48.2 Å². The Labute approximate surface area is 193 Å². The van der Waals surface area contributed by atoms with Gasteiger partial charge in [-0.2, -0.15) is 0 Å². The van der Waals surface area contributed by atoms with Crippen molar-refractivity contribution in [1.29, 1.82) is 0 Å². The minimum Gasteiger partial charge on any atom is -0.507 e. The number of aliphatic hydroxyl groups is 1. The first-order chi connectivity index (χ1) is 15.9. The van der Waals surface area contributed by atoms with E-state index in [1.807, 2.05) is 0 Å². The zero-order valence-corrected chi connectivity index (χ0v) is 18.6. The molecule has 1 aromatic carbocycles. The zero-order chi connectivity index (χ0) is 24.9. The molecule has 5 rings (SSSR count). The second kappa shape index (κ2) is 7.24. The van der Waals surface area contributed by atoms with E-state index < -0.39 is 75.9 Å². The summed E-state index contributed by atoms with van der Waals surface area (Å²) in [5.41, 5.74) is 2.67. The molecule has 180 valence electrons. The maximum absolute atomic E-state index is 15.3. The lowest BCUT2D eigenvalue weighted by atomic mass is 9.52. The largest absolute Gasteiger partial charge is 0.507 e. The van der Waals surface area contributed by atoms with Crippen LogP contribution in [0.3, 0.4) is 0 Å². The number of phenolic OH excluding ortho intramolecular Hbond substituents is 1. The molecule has 6 atom stereocenters. The molecule has 0 saturated heterocycles. The number of nitrogens with two attached hydrogens (primary N) is 1. The number of fused-ring (bicyclic) bond motifs is 4. The second-order valence-corrected chi connectivity index (χ2v) is 9.87. The van der Waals surface area contributed by atoms with Crippen LogP contribution >= 0.6 is 0 Å². The fourth-order valence-electron chi connectivity index (χ4n) is 6.49. The quantitative estimate of drug-likeness (QED) is 0.378. The van der Waals surface area contributed by atoms with Gasteiger partial charge in [-0.05, 0) is 32.9 Å². The molecule has 5 N–H and O–H groups in total. The highest BCUT2D eigenvalue weighted by Gasteiger charge is 2.69. The van der Waals surface area contributed by atoms with Crippen molar-refractivity contribution in [2.45, 2.75) is 37.6 Å². The van der Waals surface area contributed by atoms with Crippen molar-refractivity contribution in [2.24, 2.45) is 29.4 Å². The Hall–Kier alpha value is -3.02. The number of hydrogen-bond donors (Lipinski definition) is 4. The van der Waals surface area contributed by atoms with Gasteiger partial charge in [0.25, 0.3) is 0 Å². The molecule has 2 saturated carbocycles. The fourth-order valence-corrected chi connectivity index (χ4v) is 6.49. The predicted octanol–water partition coefficient (Wildman–Crippen LogP) is -1.39. The first-order valence-corrected chi connectivity index (χ1v) is 11.0. The molecule has 0 aromatic heterocycles. The molecule has 2 unspecified atom stereocenters. The average Bonchev–Trinajstić information content (AvgIpc) is 3.24. The van der Waals surface area contributed by atoms with Crippen LogP contribution in [0.2, 0.25) is 0 Å². The minimum atomic E-state index is -2.79. The van der Waals surface area contributed by atoms with Crippen molar-refractivity contribution in [2.75, 3.05) is 14.1 Å². The van der Waals surface area contributed by atoms with Crippen molar-refractivity contribution in [3.05, 3.63) is 28.1 Å². The SMILES string of the molecule is CN(C)[C@@H]1C(=O)C(C(N)=O)C(=O)[C@@]2(O)C(=O)C3C(=O)c4c(O)c5c(c(F)c4C[C@H]3C[C@@H]12)CNC5. The van der Waals surface area contributed by atoms with Gasteiger partial charge in [0.1, 0.15) is 11.6 Å². The monoisotopic (exact) mass is 473 g/mol. The van der Waals surface area contributed by atoms with Crippen LogP contribution in [0.4, 0.5) is 4.39 Å². The summed E-state index contributed by atoms with van der Waals surface area (Å²) in [6.07, 6.45) is -0.196. The third-order valence-electron chi connectivity index (χ3n) is 7.98.